The van der Waals surface area contributed by atoms with E-state index in [9.17, 15) is 0 Å². The number of hydrogen-bond acceptors (Lipinski definition) is 3. The zero-order valence-corrected chi connectivity index (χ0v) is 11.4. The van der Waals surface area contributed by atoms with Gasteiger partial charge in [0.1, 0.15) is 0 Å². The van der Waals surface area contributed by atoms with Crippen LogP contribution in [0.25, 0.3) is 0 Å². The van der Waals surface area contributed by atoms with Crippen molar-refractivity contribution in [2.45, 2.75) is 44.6 Å². The van der Waals surface area contributed by atoms with Crippen LogP contribution in [0.1, 0.15) is 38.5 Å². The Balaban J connectivity index is 1.85. The van der Waals surface area contributed by atoms with E-state index in [2.05, 4.69) is 17.4 Å². The van der Waals surface area contributed by atoms with Crippen molar-refractivity contribution < 1.29 is 4.74 Å². The van der Waals surface area contributed by atoms with Crippen LogP contribution >= 0.6 is 0 Å². The Morgan fingerprint density at radius 3 is 2.72 bits per heavy atom. The summed E-state index contributed by atoms with van der Waals surface area (Å²) in [6, 6.07) is 0.459. The number of hydrazine groups is 1. The Labute approximate surface area is 110 Å². The summed E-state index contributed by atoms with van der Waals surface area (Å²) in [5, 5.41) is 0. The van der Waals surface area contributed by atoms with Gasteiger partial charge < -0.3 is 9.64 Å². The van der Waals surface area contributed by atoms with Crippen LogP contribution < -0.4 is 11.3 Å². The molecule has 0 bridgehead atoms. The molecule has 0 radical (unpaired) electrons. The first kappa shape index (κ1) is 13.6. The number of guanidine groups is 1. The van der Waals surface area contributed by atoms with Gasteiger partial charge in [-0.15, -0.1) is 0 Å². The topological polar surface area (TPSA) is 62.9 Å². The minimum Gasteiger partial charge on any atom is -0.381 e. The number of ether oxygens (including phenoxy) is 1. The lowest BCUT2D eigenvalue weighted by atomic mass is 10.0. The number of nitrogens with two attached hydrogens (primary N) is 1. The third-order valence-electron chi connectivity index (χ3n) is 3.91. The van der Waals surface area contributed by atoms with Gasteiger partial charge in [0, 0.05) is 20.2 Å². The lowest BCUT2D eigenvalue weighted by Crippen LogP contribution is -2.46. The van der Waals surface area contributed by atoms with Gasteiger partial charge in [0.05, 0.1) is 12.6 Å². The highest BCUT2D eigenvalue weighted by Gasteiger charge is 2.19. The van der Waals surface area contributed by atoms with Gasteiger partial charge in [0.25, 0.3) is 0 Å². The summed E-state index contributed by atoms with van der Waals surface area (Å²) in [6.07, 6.45) is 7.41. The summed E-state index contributed by atoms with van der Waals surface area (Å²) < 4.78 is 5.51. The van der Waals surface area contributed by atoms with Crippen molar-refractivity contribution in [3.05, 3.63) is 0 Å². The Bertz CT molecular complexity index is 270. The predicted molar refractivity (Wildman–Crippen MR) is 73.2 cm³/mol. The van der Waals surface area contributed by atoms with Crippen molar-refractivity contribution in [2.24, 2.45) is 16.8 Å². The first-order valence-corrected chi connectivity index (χ1v) is 7.13. The van der Waals surface area contributed by atoms with Crippen molar-refractivity contribution in [1.82, 2.24) is 10.3 Å². The van der Waals surface area contributed by atoms with Crippen LogP contribution in [-0.2, 0) is 4.74 Å². The molecule has 1 saturated carbocycles. The van der Waals surface area contributed by atoms with E-state index < -0.39 is 0 Å². The molecule has 1 heterocycles. The molecule has 2 fully saturated rings. The smallest absolute Gasteiger partial charge is 0.208 e. The number of nitrogens with zero attached hydrogens (tertiary/aromatic N) is 2. The largest absolute Gasteiger partial charge is 0.381 e. The SMILES string of the molecule is CN(CC1CCCOC1)C(=NC1CCCC1)NN. The maximum absolute atomic E-state index is 5.60. The predicted octanol–water partition coefficient (Wildman–Crippen LogP) is 1.11. The fraction of sp³-hybridized carbons (Fsp3) is 0.923. The van der Waals surface area contributed by atoms with Crippen molar-refractivity contribution in [2.75, 3.05) is 26.8 Å². The third kappa shape index (κ3) is 3.85. The highest BCUT2D eigenvalue weighted by Crippen LogP contribution is 2.21. The first-order valence-electron chi connectivity index (χ1n) is 7.13. The van der Waals surface area contributed by atoms with Gasteiger partial charge in [-0.1, -0.05) is 12.8 Å². The van der Waals surface area contributed by atoms with E-state index in [1.54, 1.807) is 0 Å². The van der Waals surface area contributed by atoms with Gasteiger partial charge in [-0.2, -0.15) is 0 Å². The van der Waals surface area contributed by atoms with Gasteiger partial charge in [-0.05, 0) is 31.6 Å². The first-order chi connectivity index (χ1) is 8.79. The maximum atomic E-state index is 5.60. The molecule has 1 aliphatic carbocycles. The fourth-order valence-corrected chi connectivity index (χ4v) is 2.88. The Morgan fingerprint density at radius 1 is 1.33 bits per heavy atom. The van der Waals surface area contributed by atoms with Crippen molar-refractivity contribution in [3.8, 4) is 0 Å². The Hall–Kier alpha value is -0.810. The summed E-state index contributed by atoms with van der Waals surface area (Å²) in [7, 11) is 2.06. The van der Waals surface area contributed by atoms with Crippen molar-refractivity contribution >= 4 is 5.96 Å². The van der Waals surface area contributed by atoms with Crippen LogP contribution in [0, 0.1) is 5.92 Å². The second-order valence-electron chi connectivity index (χ2n) is 5.50. The molecule has 5 nitrogen and oxygen atoms in total. The van der Waals surface area contributed by atoms with Gasteiger partial charge in [-0.3, -0.25) is 5.43 Å². The van der Waals surface area contributed by atoms with E-state index in [0.29, 0.717) is 12.0 Å². The minimum absolute atomic E-state index is 0.459. The van der Waals surface area contributed by atoms with Gasteiger partial charge in [0.2, 0.25) is 5.96 Å². The second-order valence-corrected chi connectivity index (χ2v) is 5.50. The monoisotopic (exact) mass is 254 g/mol. The Kier molecular flexibility index (Phi) is 5.26. The zero-order valence-electron chi connectivity index (χ0n) is 11.4. The molecule has 0 spiro atoms. The Morgan fingerprint density at radius 2 is 2.11 bits per heavy atom. The van der Waals surface area contributed by atoms with E-state index >= 15 is 0 Å². The van der Waals surface area contributed by atoms with Gasteiger partial charge >= 0.3 is 0 Å². The summed E-state index contributed by atoms with van der Waals surface area (Å²) in [5.74, 6) is 7.03. The molecule has 2 aliphatic rings. The van der Waals surface area contributed by atoms with Gasteiger partial charge in [0.15, 0.2) is 0 Å². The van der Waals surface area contributed by atoms with E-state index in [1.807, 2.05) is 0 Å². The van der Waals surface area contributed by atoms with E-state index in [0.717, 1.165) is 25.7 Å². The molecule has 0 aromatic rings. The maximum Gasteiger partial charge on any atom is 0.208 e. The summed E-state index contributed by atoms with van der Waals surface area (Å²) >= 11 is 0. The minimum atomic E-state index is 0.459. The molecule has 18 heavy (non-hydrogen) atoms. The number of nitrogens with one attached hydrogen (secondary N) is 1. The van der Waals surface area contributed by atoms with Crippen LogP contribution in [0.5, 0.6) is 0 Å². The molecule has 104 valence electrons. The molecule has 1 unspecified atom stereocenters. The van der Waals surface area contributed by atoms with Gasteiger partial charge in [-0.25, -0.2) is 10.8 Å². The normalized spacial score (nSPS) is 26.3. The summed E-state index contributed by atoms with van der Waals surface area (Å²) in [6.45, 7) is 2.75. The lowest BCUT2D eigenvalue weighted by Gasteiger charge is -2.29. The van der Waals surface area contributed by atoms with Crippen LogP contribution in [0.4, 0.5) is 0 Å². The van der Waals surface area contributed by atoms with E-state index in [-0.39, 0.29) is 0 Å². The highest BCUT2D eigenvalue weighted by atomic mass is 16.5. The average molecular weight is 254 g/mol. The third-order valence-corrected chi connectivity index (χ3v) is 3.91. The van der Waals surface area contributed by atoms with Crippen LogP contribution in [0.2, 0.25) is 0 Å². The molecule has 1 saturated heterocycles. The molecule has 2 rings (SSSR count). The summed E-state index contributed by atoms with van der Waals surface area (Å²) in [4.78, 5) is 6.86. The van der Waals surface area contributed by atoms with Crippen LogP contribution in [-0.4, -0.2) is 43.7 Å². The second kappa shape index (κ2) is 6.95. The number of hydrogen-bond donors (Lipinski definition) is 2. The molecule has 0 aromatic carbocycles. The zero-order chi connectivity index (χ0) is 12.8. The molecule has 1 atom stereocenters. The van der Waals surface area contributed by atoms with Crippen molar-refractivity contribution in [3.63, 3.8) is 0 Å². The highest BCUT2D eigenvalue weighted by molar-refractivity contribution is 5.79. The fourth-order valence-electron chi connectivity index (χ4n) is 2.88. The molecule has 1 aliphatic heterocycles. The standard InChI is InChI=1S/C13H26N4O/c1-17(9-11-5-4-8-18-10-11)13(16-14)15-12-6-2-3-7-12/h11-12H,2-10,14H2,1H3,(H,15,16). The molecule has 3 N–H and O–H groups in total. The number of rotatable bonds is 3. The van der Waals surface area contributed by atoms with Crippen LogP contribution in [0.3, 0.4) is 0 Å². The summed E-state index contributed by atoms with van der Waals surface area (Å²) in [5.41, 5.74) is 2.75. The molecule has 5 heteroatoms. The molecular weight excluding hydrogens is 228 g/mol. The molecular formula is C13H26N4O. The molecule has 0 aromatic heterocycles. The van der Waals surface area contributed by atoms with E-state index in [1.165, 1.54) is 38.5 Å². The quantitative estimate of drug-likeness (QED) is 0.343. The number of aliphatic imine (C=N–C) groups is 1. The van der Waals surface area contributed by atoms with E-state index in [4.69, 9.17) is 15.6 Å². The van der Waals surface area contributed by atoms with Crippen LogP contribution in [0.15, 0.2) is 4.99 Å². The lowest BCUT2D eigenvalue weighted by molar-refractivity contribution is 0.0482. The van der Waals surface area contributed by atoms with Crippen molar-refractivity contribution in [1.29, 1.82) is 0 Å². The average Bonchev–Trinajstić information content (AvgIpc) is 2.90. The molecule has 0 amide bonds.